The number of benzene rings is 2. The molecule has 2 rings (SSSR count). The molecule has 0 spiro atoms. The lowest BCUT2D eigenvalue weighted by molar-refractivity contribution is 0.174. The molecule has 1 unspecified atom stereocenters. The minimum atomic E-state index is -0.559. The molecule has 0 saturated carbocycles. The molecular weight excluding hydrogens is 304 g/mol. The fourth-order valence-corrected chi connectivity index (χ4v) is 2.31. The van der Waals surface area contributed by atoms with E-state index in [4.69, 9.17) is 4.74 Å². The Morgan fingerprint density at radius 2 is 1.84 bits per heavy atom. The first-order chi connectivity index (χ1) is 9.10. The van der Waals surface area contributed by atoms with Gasteiger partial charge in [0, 0.05) is 16.5 Å². The molecule has 0 saturated heterocycles. The number of aliphatic hydroxyl groups is 1. The van der Waals surface area contributed by atoms with Crippen molar-refractivity contribution in [2.45, 2.75) is 19.4 Å². The number of aryl methyl sites for hydroxylation is 1. The number of ether oxygens (including phenoxy) is 1. The van der Waals surface area contributed by atoms with Crippen LogP contribution in [-0.4, -0.2) is 12.2 Å². The highest BCUT2D eigenvalue weighted by Gasteiger charge is 2.14. The second-order valence-electron chi connectivity index (χ2n) is 4.59. The van der Waals surface area contributed by atoms with Crippen molar-refractivity contribution >= 4 is 15.9 Å². The predicted octanol–water partition coefficient (Wildman–Crippen LogP) is 4.04. The van der Waals surface area contributed by atoms with Crippen molar-refractivity contribution in [3.05, 3.63) is 63.6 Å². The number of rotatable bonds is 4. The summed E-state index contributed by atoms with van der Waals surface area (Å²) < 4.78 is 6.38. The van der Waals surface area contributed by atoms with Gasteiger partial charge in [0.25, 0.3) is 0 Å². The van der Waals surface area contributed by atoms with Gasteiger partial charge >= 0.3 is 0 Å². The molecule has 0 bridgehead atoms. The zero-order valence-corrected chi connectivity index (χ0v) is 12.6. The van der Waals surface area contributed by atoms with E-state index in [-0.39, 0.29) is 0 Å². The highest BCUT2D eigenvalue weighted by molar-refractivity contribution is 9.10. The first-order valence-corrected chi connectivity index (χ1v) is 6.96. The van der Waals surface area contributed by atoms with Crippen molar-refractivity contribution in [3.63, 3.8) is 0 Å². The third-order valence-electron chi connectivity index (χ3n) is 3.09. The number of methoxy groups -OCH3 is 1. The quantitative estimate of drug-likeness (QED) is 0.921. The largest absolute Gasteiger partial charge is 0.496 e. The number of hydrogen-bond donors (Lipinski definition) is 1. The van der Waals surface area contributed by atoms with Crippen molar-refractivity contribution in [1.29, 1.82) is 0 Å². The smallest absolute Gasteiger partial charge is 0.124 e. The van der Waals surface area contributed by atoms with Gasteiger partial charge in [0.1, 0.15) is 5.75 Å². The van der Waals surface area contributed by atoms with Crippen molar-refractivity contribution < 1.29 is 9.84 Å². The van der Waals surface area contributed by atoms with Crippen molar-refractivity contribution in [1.82, 2.24) is 0 Å². The lowest BCUT2D eigenvalue weighted by atomic mass is 9.99. The average Bonchev–Trinajstić information content (AvgIpc) is 2.41. The molecule has 1 atom stereocenters. The van der Waals surface area contributed by atoms with Crippen molar-refractivity contribution in [2.75, 3.05) is 7.11 Å². The fraction of sp³-hybridized carbons (Fsp3) is 0.250. The highest BCUT2D eigenvalue weighted by Crippen LogP contribution is 2.28. The Labute approximate surface area is 122 Å². The second-order valence-corrected chi connectivity index (χ2v) is 5.51. The van der Waals surface area contributed by atoms with Crippen LogP contribution in [0.4, 0.5) is 0 Å². The lowest BCUT2D eigenvalue weighted by Crippen LogP contribution is -2.04. The predicted molar refractivity (Wildman–Crippen MR) is 80.5 cm³/mol. The minimum Gasteiger partial charge on any atom is -0.496 e. The molecule has 2 aromatic carbocycles. The zero-order valence-electron chi connectivity index (χ0n) is 11.1. The summed E-state index contributed by atoms with van der Waals surface area (Å²) in [5.74, 6) is 0.740. The third kappa shape index (κ3) is 3.58. The molecule has 2 nitrogen and oxygen atoms in total. The molecule has 0 aliphatic rings. The summed E-state index contributed by atoms with van der Waals surface area (Å²) in [6.45, 7) is 2.01. The molecule has 0 aromatic heterocycles. The van der Waals surface area contributed by atoms with Gasteiger partial charge in [-0.15, -0.1) is 0 Å². The topological polar surface area (TPSA) is 29.5 Å². The Bertz CT molecular complexity index is 549. The highest BCUT2D eigenvalue weighted by atomic mass is 79.9. The van der Waals surface area contributed by atoms with Gasteiger partial charge in [-0.05, 0) is 36.2 Å². The van der Waals surface area contributed by atoms with E-state index in [1.54, 1.807) is 7.11 Å². The van der Waals surface area contributed by atoms with Crippen LogP contribution >= 0.6 is 15.9 Å². The van der Waals surface area contributed by atoms with Crippen molar-refractivity contribution in [2.24, 2.45) is 0 Å². The van der Waals surface area contributed by atoms with E-state index >= 15 is 0 Å². The summed E-state index contributed by atoms with van der Waals surface area (Å²) in [7, 11) is 1.63. The van der Waals surface area contributed by atoms with E-state index in [9.17, 15) is 5.11 Å². The first-order valence-electron chi connectivity index (χ1n) is 6.17. The van der Waals surface area contributed by atoms with Gasteiger partial charge in [0.05, 0.1) is 13.2 Å². The van der Waals surface area contributed by atoms with Crippen LogP contribution < -0.4 is 4.74 Å². The van der Waals surface area contributed by atoms with Gasteiger partial charge in [0.2, 0.25) is 0 Å². The van der Waals surface area contributed by atoms with Gasteiger partial charge in [-0.25, -0.2) is 0 Å². The second kappa shape index (κ2) is 6.22. The van der Waals surface area contributed by atoms with Crippen LogP contribution in [0.3, 0.4) is 0 Å². The standard InChI is InChI=1S/C16H17BrO2/c1-11-3-8-14(16(9-11)19-2)15(18)10-12-4-6-13(17)7-5-12/h3-9,15,18H,10H2,1-2H3. The average molecular weight is 321 g/mol. The fourth-order valence-electron chi connectivity index (χ4n) is 2.05. The summed E-state index contributed by atoms with van der Waals surface area (Å²) in [6, 6.07) is 13.8. The van der Waals surface area contributed by atoms with Crippen LogP contribution in [0.25, 0.3) is 0 Å². The molecule has 0 amide bonds. The SMILES string of the molecule is COc1cc(C)ccc1C(O)Cc1ccc(Br)cc1. The van der Waals surface area contributed by atoms with Crippen LogP contribution in [0.15, 0.2) is 46.9 Å². The van der Waals surface area contributed by atoms with Crippen LogP contribution in [0.5, 0.6) is 5.75 Å². The van der Waals surface area contributed by atoms with Gasteiger partial charge < -0.3 is 9.84 Å². The Morgan fingerprint density at radius 3 is 2.47 bits per heavy atom. The minimum absolute atomic E-state index is 0.559. The maximum absolute atomic E-state index is 10.4. The zero-order chi connectivity index (χ0) is 13.8. The summed E-state index contributed by atoms with van der Waals surface area (Å²) in [5.41, 5.74) is 3.05. The van der Waals surface area contributed by atoms with E-state index in [1.807, 2.05) is 49.4 Å². The molecule has 0 radical (unpaired) electrons. The molecule has 0 aliphatic carbocycles. The molecule has 19 heavy (non-hydrogen) atoms. The summed E-state index contributed by atoms with van der Waals surface area (Å²) >= 11 is 3.40. The number of halogens is 1. The summed E-state index contributed by atoms with van der Waals surface area (Å²) in [6.07, 6.45) is 0.0175. The Hall–Kier alpha value is -1.32. The normalized spacial score (nSPS) is 12.2. The summed E-state index contributed by atoms with van der Waals surface area (Å²) in [4.78, 5) is 0. The molecule has 1 N–H and O–H groups in total. The van der Waals surface area contributed by atoms with Gasteiger partial charge in [-0.3, -0.25) is 0 Å². The third-order valence-corrected chi connectivity index (χ3v) is 3.62. The van der Waals surface area contributed by atoms with E-state index in [1.165, 1.54) is 0 Å². The van der Waals surface area contributed by atoms with E-state index in [0.29, 0.717) is 6.42 Å². The number of aliphatic hydroxyl groups excluding tert-OH is 1. The van der Waals surface area contributed by atoms with Crippen molar-refractivity contribution in [3.8, 4) is 5.75 Å². The molecule has 0 heterocycles. The van der Waals surface area contributed by atoms with E-state index < -0.39 is 6.10 Å². The number of hydrogen-bond acceptors (Lipinski definition) is 2. The molecular formula is C16H17BrO2. The molecule has 0 aliphatic heterocycles. The lowest BCUT2D eigenvalue weighted by Gasteiger charge is -2.15. The van der Waals surface area contributed by atoms with Gasteiger partial charge in [-0.2, -0.15) is 0 Å². The van der Waals surface area contributed by atoms with Crippen LogP contribution in [0.2, 0.25) is 0 Å². The summed E-state index contributed by atoms with van der Waals surface area (Å²) in [5, 5.41) is 10.4. The van der Waals surface area contributed by atoms with Crippen LogP contribution in [-0.2, 0) is 6.42 Å². The molecule has 0 fully saturated rings. The Morgan fingerprint density at radius 1 is 1.16 bits per heavy atom. The van der Waals surface area contributed by atoms with Crippen LogP contribution in [0, 0.1) is 6.92 Å². The first kappa shape index (κ1) is 14.1. The van der Waals surface area contributed by atoms with Gasteiger partial charge in [-0.1, -0.05) is 40.2 Å². The Kier molecular flexibility index (Phi) is 4.61. The molecule has 3 heteroatoms. The molecule has 100 valence electrons. The van der Waals surface area contributed by atoms with Gasteiger partial charge in [0.15, 0.2) is 0 Å². The monoisotopic (exact) mass is 320 g/mol. The maximum Gasteiger partial charge on any atom is 0.124 e. The van der Waals surface area contributed by atoms with E-state index in [0.717, 1.165) is 26.9 Å². The van der Waals surface area contributed by atoms with Crippen LogP contribution in [0.1, 0.15) is 22.8 Å². The maximum atomic E-state index is 10.4. The Balaban J connectivity index is 2.19. The van der Waals surface area contributed by atoms with E-state index in [2.05, 4.69) is 15.9 Å². The molecule has 2 aromatic rings.